The Balaban J connectivity index is 1.25. The molecule has 5 rings (SSSR count). The van der Waals surface area contributed by atoms with Gasteiger partial charge in [0.15, 0.2) is 8.32 Å². The lowest BCUT2D eigenvalue weighted by Gasteiger charge is -2.37. The van der Waals surface area contributed by atoms with E-state index >= 15 is 0 Å². The highest BCUT2D eigenvalue weighted by atomic mass is 28.4. The smallest absolute Gasteiger partial charge is 0.274 e. The minimum absolute atomic E-state index is 0.196. The van der Waals surface area contributed by atoms with Crippen molar-refractivity contribution in [3.05, 3.63) is 106 Å². The molecule has 0 aliphatic carbocycles. The molecule has 2 amide bonds. The van der Waals surface area contributed by atoms with Gasteiger partial charge in [-0.3, -0.25) is 19.5 Å². The zero-order chi connectivity index (χ0) is 37.6. The number of unbranched alkanes of at least 4 members (excludes halogenated alkanes) is 2. The fourth-order valence-corrected chi connectivity index (χ4v) is 7.53. The van der Waals surface area contributed by atoms with Crippen LogP contribution in [0.5, 0.6) is 0 Å². The summed E-state index contributed by atoms with van der Waals surface area (Å²) in [5.41, 5.74) is 10.6. The first-order chi connectivity index (χ1) is 24.7. The van der Waals surface area contributed by atoms with Crippen LogP contribution in [-0.4, -0.2) is 54.7 Å². The lowest BCUT2D eigenvalue weighted by Crippen LogP contribution is -2.43. The molecule has 0 saturated carbocycles. The molecule has 2 aromatic carbocycles. The highest BCUT2D eigenvalue weighted by Gasteiger charge is 2.37. The summed E-state index contributed by atoms with van der Waals surface area (Å²) in [5, 5.41) is 6.40. The molecule has 4 aromatic rings. The number of anilines is 2. The Morgan fingerprint density at radius 1 is 0.885 bits per heavy atom. The molecule has 1 aliphatic rings. The second-order valence-electron chi connectivity index (χ2n) is 15.8. The van der Waals surface area contributed by atoms with E-state index in [2.05, 4.69) is 68.2 Å². The average molecular weight is 720 g/mol. The van der Waals surface area contributed by atoms with E-state index in [0.717, 1.165) is 96.0 Å². The minimum Gasteiger partial charge on any atom is -0.416 e. The summed E-state index contributed by atoms with van der Waals surface area (Å²) in [5.74, 6) is -0.465. The van der Waals surface area contributed by atoms with E-state index in [1.165, 1.54) is 18.4 Å². The molecule has 0 fully saturated rings. The van der Waals surface area contributed by atoms with Crippen molar-refractivity contribution in [2.24, 2.45) is 0 Å². The van der Waals surface area contributed by atoms with Crippen molar-refractivity contribution in [1.29, 1.82) is 0 Å². The van der Waals surface area contributed by atoms with Gasteiger partial charge < -0.3 is 15.1 Å². The summed E-state index contributed by atoms with van der Waals surface area (Å²) >= 11 is 0. The zero-order valence-corrected chi connectivity index (χ0v) is 33.7. The van der Waals surface area contributed by atoms with Crippen LogP contribution in [0.25, 0.3) is 11.1 Å². The van der Waals surface area contributed by atoms with E-state index in [1.54, 1.807) is 12.3 Å². The summed E-state index contributed by atoms with van der Waals surface area (Å²) < 4.78 is 6.44. The maximum absolute atomic E-state index is 13.6. The SMILES string of the molecule is CCCCCc1ccc(C(=O)Nc2cccc(-c3cccc(NC(=O)c4cc(C)c5c(n4)CCN(CCO[Si](C)(C)C(C)(C)C)C5)c3C)c2C)nc1. The van der Waals surface area contributed by atoms with Gasteiger partial charge >= 0.3 is 0 Å². The van der Waals surface area contributed by atoms with Crippen molar-refractivity contribution in [3.8, 4) is 11.1 Å². The van der Waals surface area contributed by atoms with Gasteiger partial charge in [-0.2, -0.15) is 0 Å². The number of aromatic nitrogens is 2. The Morgan fingerprint density at radius 2 is 1.52 bits per heavy atom. The fourth-order valence-electron chi connectivity index (χ4n) is 6.49. The first-order valence-corrected chi connectivity index (χ1v) is 21.7. The van der Waals surface area contributed by atoms with Gasteiger partial charge in [0.25, 0.3) is 11.8 Å². The van der Waals surface area contributed by atoms with Crippen LogP contribution >= 0.6 is 0 Å². The maximum atomic E-state index is 13.6. The molecular formula is C43H57N5O3Si. The van der Waals surface area contributed by atoms with Crippen LogP contribution in [0.15, 0.2) is 60.8 Å². The van der Waals surface area contributed by atoms with E-state index in [1.807, 2.05) is 62.4 Å². The molecule has 9 heteroatoms. The molecule has 2 aromatic heterocycles. The molecule has 1 aliphatic heterocycles. The summed E-state index contributed by atoms with van der Waals surface area (Å²) in [7, 11) is -1.78. The van der Waals surface area contributed by atoms with Crippen molar-refractivity contribution < 1.29 is 14.0 Å². The molecule has 8 nitrogen and oxygen atoms in total. The largest absolute Gasteiger partial charge is 0.416 e. The molecule has 0 unspecified atom stereocenters. The Morgan fingerprint density at radius 3 is 2.10 bits per heavy atom. The summed E-state index contributed by atoms with van der Waals surface area (Å²) in [6.45, 7) is 23.0. The molecule has 0 atom stereocenters. The summed E-state index contributed by atoms with van der Waals surface area (Å²) in [6, 6.07) is 17.5. The lowest BCUT2D eigenvalue weighted by molar-refractivity contribution is 0.101. The third-order valence-corrected chi connectivity index (χ3v) is 15.5. The molecule has 0 saturated heterocycles. The molecule has 0 radical (unpaired) electrons. The van der Waals surface area contributed by atoms with Gasteiger partial charge in [0.1, 0.15) is 11.4 Å². The van der Waals surface area contributed by atoms with Gasteiger partial charge in [-0.1, -0.05) is 70.9 Å². The number of rotatable bonds is 13. The van der Waals surface area contributed by atoms with Gasteiger partial charge in [-0.25, -0.2) is 4.98 Å². The average Bonchev–Trinajstić information content (AvgIpc) is 3.10. The molecule has 52 heavy (non-hydrogen) atoms. The number of aryl methyl sites for hydroxylation is 2. The van der Waals surface area contributed by atoms with Gasteiger partial charge in [-0.15, -0.1) is 0 Å². The number of pyridine rings is 2. The number of carbonyl (C=O) groups is 2. The van der Waals surface area contributed by atoms with Crippen LogP contribution in [-0.2, 0) is 23.8 Å². The number of benzene rings is 2. The maximum Gasteiger partial charge on any atom is 0.274 e. The number of nitrogens with one attached hydrogen (secondary N) is 2. The van der Waals surface area contributed by atoms with Crippen LogP contribution < -0.4 is 10.6 Å². The Hall–Kier alpha value is -4.18. The van der Waals surface area contributed by atoms with E-state index in [9.17, 15) is 9.59 Å². The van der Waals surface area contributed by atoms with Gasteiger partial charge in [0.2, 0.25) is 0 Å². The van der Waals surface area contributed by atoms with E-state index in [0.29, 0.717) is 11.4 Å². The van der Waals surface area contributed by atoms with Crippen LogP contribution in [0.1, 0.15) is 101 Å². The second-order valence-corrected chi connectivity index (χ2v) is 20.6. The third kappa shape index (κ3) is 9.24. The van der Waals surface area contributed by atoms with Crippen molar-refractivity contribution >= 4 is 31.5 Å². The second kappa shape index (κ2) is 16.7. The van der Waals surface area contributed by atoms with E-state index in [4.69, 9.17) is 9.41 Å². The standard InChI is InChI=1S/C43H57N5O3Si/c1-10-11-12-15-32-20-21-39(44-27-32)41(49)46-36-18-13-16-33(30(36)3)34-17-14-19-37(31(34)4)47-42(50)40-26-29(2)35-28-48(23-22-38(35)45-40)24-25-51-52(8,9)43(5,6)7/h13-14,16-21,26-27H,10-12,15,22-25,28H2,1-9H3,(H,46,49)(H,47,50). The normalized spacial score (nSPS) is 13.5. The number of amides is 2. The third-order valence-electron chi connectivity index (χ3n) is 11.0. The number of carbonyl (C=O) groups excluding carboxylic acids is 2. The quantitative estimate of drug-likeness (QED) is 0.106. The van der Waals surface area contributed by atoms with Crippen molar-refractivity contribution in [3.63, 3.8) is 0 Å². The topological polar surface area (TPSA) is 96.5 Å². The number of hydrogen-bond donors (Lipinski definition) is 2. The molecule has 276 valence electrons. The Labute approximate surface area is 312 Å². The van der Waals surface area contributed by atoms with Gasteiger partial charge in [-0.05, 0) is 115 Å². The molecule has 2 N–H and O–H groups in total. The number of fused-ring (bicyclic) bond motifs is 1. The molecule has 0 spiro atoms. The molecular weight excluding hydrogens is 663 g/mol. The van der Waals surface area contributed by atoms with E-state index < -0.39 is 8.32 Å². The Kier molecular flexibility index (Phi) is 12.5. The highest BCUT2D eigenvalue weighted by Crippen LogP contribution is 2.37. The van der Waals surface area contributed by atoms with Crippen LogP contribution in [0, 0.1) is 20.8 Å². The predicted octanol–water partition coefficient (Wildman–Crippen LogP) is 9.69. The van der Waals surface area contributed by atoms with Gasteiger partial charge in [0, 0.05) is 55.9 Å². The van der Waals surface area contributed by atoms with Crippen molar-refractivity contribution in [2.45, 2.75) is 105 Å². The number of hydrogen-bond acceptors (Lipinski definition) is 6. The first kappa shape index (κ1) is 39.0. The number of nitrogens with zero attached hydrogens (tertiary/aromatic N) is 3. The first-order valence-electron chi connectivity index (χ1n) is 18.8. The molecule has 3 heterocycles. The van der Waals surface area contributed by atoms with Gasteiger partial charge in [0.05, 0.1) is 0 Å². The lowest BCUT2D eigenvalue weighted by atomic mass is 9.94. The zero-order valence-electron chi connectivity index (χ0n) is 32.7. The minimum atomic E-state index is -1.78. The molecule has 0 bridgehead atoms. The van der Waals surface area contributed by atoms with Crippen LogP contribution in [0.2, 0.25) is 18.1 Å². The monoisotopic (exact) mass is 719 g/mol. The highest BCUT2D eigenvalue weighted by molar-refractivity contribution is 6.74. The Bertz CT molecular complexity index is 1900. The summed E-state index contributed by atoms with van der Waals surface area (Å²) in [4.78, 5) is 38.5. The predicted molar refractivity (Wildman–Crippen MR) is 216 cm³/mol. The summed E-state index contributed by atoms with van der Waals surface area (Å²) in [6.07, 6.45) is 7.06. The van der Waals surface area contributed by atoms with Crippen LogP contribution in [0.3, 0.4) is 0 Å². The van der Waals surface area contributed by atoms with Crippen molar-refractivity contribution in [1.82, 2.24) is 14.9 Å². The van der Waals surface area contributed by atoms with E-state index in [-0.39, 0.29) is 16.9 Å². The van der Waals surface area contributed by atoms with Crippen molar-refractivity contribution in [2.75, 3.05) is 30.3 Å². The fraction of sp³-hybridized carbons (Fsp3) is 0.442. The van der Waals surface area contributed by atoms with Crippen LogP contribution in [0.4, 0.5) is 11.4 Å².